The van der Waals surface area contributed by atoms with Crippen molar-refractivity contribution in [3.8, 4) is 5.75 Å². The van der Waals surface area contributed by atoms with Crippen LogP contribution in [0, 0.1) is 0 Å². The number of benzene rings is 1. The van der Waals surface area contributed by atoms with Crippen LogP contribution >= 0.6 is 0 Å². The molecule has 0 aliphatic heterocycles. The van der Waals surface area contributed by atoms with Gasteiger partial charge in [0.05, 0.1) is 19.4 Å². The van der Waals surface area contributed by atoms with Crippen molar-refractivity contribution in [2.75, 3.05) is 6.61 Å². The van der Waals surface area contributed by atoms with E-state index in [0.29, 0.717) is 12.4 Å². The van der Waals surface area contributed by atoms with Crippen LogP contribution in [0.3, 0.4) is 0 Å². The molecular weight excluding hydrogens is 244 g/mol. The molecule has 0 unspecified atom stereocenters. The summed E-state index contributed by atoms with van der Waals surface area (Å²) in [4.78, 5) is 14.6. The van der Waals surface area contributed by atoms with Gasteiger partial charge in [0.1, 0.15) is 5.75 Å². The lowest BCUT2D eigenvalue weighted by Gasteiger charge is -2.07. The minimum absolute atomic E-state index is 0.0201. The van der Waals surface area contributed by atoms with Crippen molar-refractivity contribution >= 4 is 5.97 Å². The third-order valence-electron chi connectivity index (χ3n) is 2.64. The number of nitrogens with zero attached hydrogens (tertiary/aromatic N) is 2. The van der Waals surface area contributed by atoms with Crippen LogP contribution in [0.2, 0.25) is 0 Å². The monoisotopic (exact) mass is 260 g/mol. The zero-order valence-electron chi connectivity index (χ0n) is 10.5. The predicted octanol–water partition coefficient (Wildman–Crippen LogP) is 1.98. The van der Waals surface area contributed by atoms with Gasteiger partial charge in [-0.2, -0.15) is 0 Å². The first-order chi connectivity index (χ1) is 9.24. The lowest BCUT2D eigenvalue weighted by molar-refractivity contribution is -0.136. The van der Waals surface area contributed by atoms with E-state index in [1.807, 2.05) is 22.9 Å². The fourth-order valence-corrected chi connectivity index (χ4v) is 1.78. The molecule has 0 bridgehead atoms. The molecule has 0 fully saturated rings. The predicted molar refractivity (Wildman–Crippen MR) is 70.1 cm³/mol. The van der Waals surface area contributed by atoms with Crippen molar-refractivity contribution in [1.29, 1.82) is 0 Å². The standard InChI is InChI=1S/C14H16N2O3/c17-14(18)10-12-3-1-4-13(9-12)19-8-2-6-16-7-5-15-11-16/h1,3-5,7,9,11H,2,6,8,10H2,(H,17,18). The maximum atomic E-state index is 10.6. The van der Waals surface area contributed by atoms with Gasteiger partial charge in [0.25, 0.3) is 0 Å². The highest BCUT2D eigenvalue weighted by Gasteiger charge is 2.02. The molecule has 1 N–H and O–H groups in total. The van der Waals surface area contributed by atoms with Gasteiger partial charge in [-0.25, -0.2) is 4.98 Å². The van der Waals surface area contributed by atoms with Gasteiger partial charge in [-0.3, -0.25) is 4.79 Å². The van der Waals surface area contributed by atoms with E-state index in [1.54, 1.807) is 24.7 Å². The second-order valence-corrected chi connectivity index (χ2v) is 4.22. The molecule has 5 nitrogen and oxygen atoms in total. The van der Waals surface area contributed by atoms with E-state index in [4.69, 9.17) is 9.84 Å². The second-order valence-electron chi connectivity index (χ2n) is 4.22. The first-order valence-electron chi connectivity index (χ1n) is 6.13. The van der Waals surface area contributed by atoms with Gasteiger partial charge in [0.15, 0.2) is 0 Å². The lowest BCUT2D eigenvalue weighted by Crippen LogP contribution is -2.04. The van der Waals surface area contributed by atoms with Crippen LogP contribution in [-0.4, -0.2) is 27.2 Å². The van der Waals surface area contributed by atoms with Crippen LogP contribution in [-0.2, 0) is 17.8 Å². The molecule has 0 amide bonds. The average Bonchev–Trinajstić information content (AvgIpc) is 2.87. The highest BCUT2D eigenvalue weighted by molar-refractivity contribution is 5.70. The normalized spacial score (nSPS) is 10.3. The summed E-state index contributed by atoms with van der Waals surface area (Å²) in [5, 5.41) is 8.73. The van der Waals surface area contributed by atoms with Crippen LogP contribution in [0.4, 0.5) is 0 Å². The Hall–Kier alpha value is -2.30. The van der Waals surface area contributed by atoms with Crippen LogP contribution in [0.15, 0.2) is 43.0 Å². The topological polar surface area (TPSA) is 64.3 Å². The molecule has 0 aliphatic carbocycles. The van der Waals surface area contributed by atoms with Crippen LogP contribution < -0.4 is 4.74 Å². The van der Waals surface area contributed by atoms with E-state index in [9.17, 15) is 4.79 Å². The summed E-state index contributed by atoms with van der Waals surface area (Å²) in [5.74, 6) is -0.123. The fraction of sp³-hybridized carbons (Fsp3) is 0.286. The van der Waals surface area contributed by atoms with Gasteiger partial charge < -0.3 is 14.4 Å². The Balaban J connectivity index is 1.77. The maximum Gasteiger partial charge on any atom is 0.307 e. The highest BCUT2D eigenvalue weighted by Crippen LogP contribution is 2.14. The Morgan fingerprint density at radius 1 is 1.42 bits per heavy atom. The van der Waals surface area contributed by atoms with Gasteiger partial charge in [0, 0.05) is 18.9 Å². The Morgan fingerprint density at radius 2 is 2.32 bits per heavy atom. The summed E-state index contributed by atoms with van der Waals surface area (Å²) < 4.78 is 7.59. The number of aliphatic carboxylic acids is 1. The van der Waals surface area contributed by atoms with E-state index in [-0.39, 0.29) is 6.42 Å². The first-order valence-corrected chi connectivity index (χ1v) is 6.13. The van der Waals surface area contributed by atoms with Gasteiger partial charge in [-0.15, -0.1) is 0 Å². The molecule has 5 heteroatoms. The number of carbonyl (C=O) groups is 1. The molecule has 0 atom stereocenters. The molecule has 0 radical (unpaired) electrons. The number of carboxylic acid groups (broad SMARTS) is 1. The Kier molecular flexibility index (Phi) is 4.55. The van der Waals surface area contributed by atoms with Crippen molar-refractivity contribution < 1.29 is 14.6 Å². The summed E-state index contributed by atoms with van der Waals surface area (Å²) in [7, 11) is 0. The van der Waals surface area contributed by atoms with E-state index in [1.165, 1.54) is 0 Å². The minimum Gasteiger partial charge on any atom is -0.494 e. The molecule has 0 saturated carbocycles. The summed E-state index contributed by atoms with van der Waals surface area (Å²) in [6.45, 7) is 1.45. The van der Waals surface area contributed by atoms with Gasteiger partial charge in [-0.05, 0) is 24.1 Å². The fourth-order valence-electron chi connectivity index (χ4n) is 1.78. The van der Waals surface area contributed by atoms with Crippen molar-refractivity contribution in [2.45, 2.75) is 19.4 Å². The number of hydrogen-bond acceptors (Lipinski definition) is 3. The Labute approximate surface area is 111 Å². The SMILES string of the molecule is O=C(O)Cc1cccc(OCCCn2ccnc2)c1. The van der Waals surface area contributed by atoms with E-state index in [2.05, 4.69) is 4.98 Å². The molecule has 1 heterocycles. The van der Waals surface area contributed by atoms with Crippen molar-refractivity contribution in [3.05, 3.63) is 48.5 Å². The van der Waals surface area contributed by atoms with Crippen LogP contribution in [0.1, 0.15) is 12.0 Å². The molecule has 100 valence electrons. The number of carboxylic acids is 1. The van der Waals surface area contributed by atoms with Gasteiger partial charge in [-0.1, -0.05) is 12.1 Å². The zero-order chi connectivity index (χ0) is 13.5. The number of aryl methyl sites for hydroxylation is 1. The van der Waals surface area contributed by atoms with E-state index < -0.39 is 5.97 Å². The number of imidazole rings is 1. The minimum atomic E-state index is -0.836. The molecule has 1 aromatic heterocycles. The summed E-state index contributed by atoms with van der Waals surface area (Å²) in [5.41, 5.74) is 0.750. The zero-order valence-corrected chi connectivity index (χ0v) is 10.5. The number of ether oxygens (including phenoxy) is 1. The van der Waals surface area contributed by atoms with Gasteiger partial charge in [0.2, 0.25) is 0 Å². The number of rotatable bonds is 7. The molecule has 1 aromatic carbocycles. The Morgan fingerprint density at radius 3 is 3.05 bits per heavy atom. The summed E-state index contributed by atoms with van der Waals surface area (Å²) >= 11 is 0. The summed E-state index contributed by atoms with van der Waals surface area (Å²) in [6, 6.07) is 7.20. The first kappa shape index (κ1) is 13.1. The molecule has 2 aromatic rings. The number of hydrogen-bond donors (Lipinski definition) is 1. The molecule has 19 heavy (non-hydrogen) atoms. The summed E-state index contributed by atoms with van der Waals surface area (Å²) in [6.07, 6.45) is 6.32. The average molecular weight is 260 g/mol. The number of aromatic nitrogens is 2. The molecule has 0 aliphatic rings. The van der Waals surface area contributed by atoms with Crippen molar-refractivity contribution in [2.24, 2.45) is 0 Å². The van der Waals surface area contributed by atoms with Crippen molar-refractivity contribution in [3.63, 3.8) is 0 Å². The third kappa shape index (κ3) is 4.46. The Bertz CT molecular complexity index is 523. The highest BCUT2D eigenvalue weighted by atomic mass is 16.5. The lowest BCUT2D eigenvalue weighted by atomic mass is 10.1. The van der Waals surface area contributed by atoms with Crippen LogP contribution in [0.5, 0.6) is 5.75 Å². The van der Waals surface area contributed by atoms with Gasteiger partial charge >= 0.3 is 5.97 Å². The quantitative estimate of drug-likeness (QED) is 0.773. The molecule has 2 rings (SSSR count). The van der Waals surface area contributed by atoms with Crippen LogP contribution in [0.25, 0.3) is 0 Å². The molecule has 0 spiro atoms. The smallest absolute Gasteiger partial charge is 0.307 e. The second kappa shape index (κ2) is 6.58. The molecular formula is C14H16N2O3. The van der Waals surface area contributed by atoms with Crippen molar-refractivity contribution in [1.82, 2.24) is 9.55 Å². The van der Waals surface area contributed by atoms with E-state index in [0.717, 1.165) is 18.5 Å². The third-order valence-corrected chi connectivity index (χ3v) is 2.64. The maximum absolute atomic E-state index is 10.6. The van der Waals surface area contributed by atoms with E-state index >= 15 is 0 Å². The molecule has 0 saturated heterocycles. The largest absolute Gasteiger partial charge is 0.494 e.